The number of carbonyl (C=O) groups excluding carboxylic acids is 3. The Balaban J connectivity index is 1.90. The van der Waals surface area contributed by atoms with Gasteiger partial charge in [0.05, 0.1) is 19.0 Å². The van der Waals surface area contributed by atoms with Gasteiger partial charge in [0, 0.05) is 9.90 Å². The largest absolute Gasteiger partial charge is 0.452 e. The molecule has 3 amide bonds. The highest BCUT2D eigenvalue weighted by Crippen LogP contribution is 2.20. The highest BCUT2D eigenvalue weighted by Gasteiger charge is 2.22. The molecule has 27 heavy (non-hydrogen) atoms. The van der Waals surface area contributed by atoms with Crippen molar-refractivity contribution in [3.63, 3.8) is 0 Å². The summed E-state index contributed by atoms with van der Waals surface area (Å²) in [5.41, 5.74) is 5.82. The fourth-order valence-electron chi connectivity index (χ4n) is 2.32. The third-order valence-corrected chi connectivity index (χ3v) is 4.78. The maximum atomic E-state index is 12.2. The molecule has 1 heterocycles. The summed E-state index contributed by atoms with van der Waals surface area (Å²) in [4.78, 5) is 36.5. The van der Waals surface area contributed by atoms with E-state index in [1.807, 2.05) is 17.5 Å². The van der Waals surface area contributed by atoms with Crippen molar-refractivity contribution in [2.24, 2.45) is 5.73 Å². The minimum Gasteiger partial charge on any atom is -0.452 e. The minimum atomic E-state index is -0.961. The number of rotatable bonds is 8. The lowest BCUT2D eigenvalue weighted by molar-refractivity contribution is -0.155. The van der Waals surface area contributed by atoms with Crippen LogP contribution in [0.5, 0.6) is 0 Å². The monoisotopic (exact) mass is 409 g/mol. The predicted molar refractivity (Wildman–Crippen MR) is 103 cm³/mol. The Morgan fingerprint density at radius 3 is 2.52 bits per heavy atom. The lowest BCUT2D eigenvalue weighted by Gasteiger charge is -2.19. The zero-order chi connectivity index (χ0) is 19.8. The van der Waals surface area contributed by atoms with Crippen LogP contribution in [0.15, 0.2) is 41.8 Å². The standard InChI is InChI=1S/C18H20ClN3O4S/c1-11(17(24)21-10-14-3-2-8-27-14)26-16(23)9-15(22-18(20)25)12-4-6-13(19)7-5-12/h2-8,11,15H,9-10H2,1H3,(H,21,24)(H3,20,22,25)/t11-,15-/m0/s1. The molecule has 1 aromatic heterocycles. The van der Waals surface area contributed by atoms with Crippen molar-refractivity contribution in [2.75, 3.05) is 0 Å². The number of primary amides is 1. The molecule has 0 spiro atoms. The SMILES string of the molecule is C[C@H](OC(=O)C[C@H](NC(N)=O)c1ccc(Cl)cc1)C(=O)NCc1cccs1. The van der Waals surface area contributed by atoms with E-state index in [0.717, 1.165) is 4.88 Å². The summed E-state index contributed by atoms with van der Waals surface area (Å²) >= 11 is 7.37. The van der Waals surface area contributed by atoms with Crippen LogP contribution in [0.4, 0.5) is 4.79 Å². The summed E-state index contributed by atoms with van der Waals surface area (Å²) in [6.07, 6.45) is -1.13. The normalized spacial score (nSPS) is 12.7. The summed E-state index contributed by atoms with van der Waals surface area (Å²) in [6.45, 7) is 1.86. The van der Waals surface area contributed by atoms with Gasteiger partial charge in [-0.1, -0.05) is 29.8 Å². The molecule has 2 rings (SSSR count). The lowest BCUT2D eigenvalue weighted by Crippen LogP contribution is -2.37. The number of ether oxygens (including phenoxy) is 1. The first-order chi connectivity index (χ1) is 12.8. The van der Waals surface area contributed by atoms with Gasteiger partial charge < -0.3 is 21.1 Å². The number of nitrogens with one attached hydrogen (secondary N) is 2. The Morgan fingerprint density at radius 2 is 1.93 bits per heavy atom. The number of halogens is 1. The van der Waals surface area contributed by atoms with Crippen LogP contribution in [0.25, 0.3) is 0 Å². The van der Waals surface area contributed by atoms with E-state index in [9.17, 15) is 14.4 Å². The number of nitrogens with two attached hydrogens (primary N) is 1. The zero-order valence-corrected chi connectivity index (χ0v) is 16.2. The minimum absolute atomic E-state index is 0.173. The number of hydrogen-bond donors (Lipinski definition) is 3. The van der Waals surface area contributed by atoms with Crippen LogP contribution < -0.4 is 16.4 Å². The van der Waals surface area contributed by atoms with Gasteiger partial charge in [0.1, 0.15) is 0 Å². The molecule has 0 aliphatic heterocycles. The quantitative estimate of drug-likeness (QED) is 0.582. The molecule has 144 valence electrons. The second kappa shape index (κ2) is 9.94. The Labute approximate surface area is 165 Å². The van der Waals surface area contributed by atoms with Gasteiger partial charge >= 0.3 is 12.0 Å². The molecule has 0 aliphatic carbocycles. The van der Waals surface area contributed by atoms with Gasteiger partial charge in [-0.2, -0.15) is 0 Å². The smallest absolute Gasteiger partial charge is 0.312 e. The molecule has 0 aliphatic rings. The second-order valence-electron chi connectivity index (χ2n) is 5.75. The third-order valence-electron chi connectivity index (χ3n) is 3.65. The van der Waals surface area contributed by atoms with E-state index in [1.54, 1.807) is 24.3 Å². The number of hydrogen-bond acceptors (Lipinski definition) is 5. The molecule has 7 nitrogen and oxygen atoms in total. The summed E-state index contributed by atoms with van der Waals surface area (Å²) < 4.78 is 5.17. The number of esters is 1. The highest BCUT2D eigenvalue weighted by molar-refractivity contribution is 7.09. The number of thiophene rings is 1. The Morgan fingerprint density at radius 1 is 1.22 bits per heavy atom. The predicted octanol–water partition coefficient (Wildman–Crippen LogP) is 2.75. The van der Waals surface area contributed by atoms with E-state index < -0.39 is 30.1 Å². The van der Waals surface area contributed by atoms with E-state index in [-0.39, 0.29) is 6.42 Å². The van der Waals surface area contributed by atoms with Crippen LogP contribution in [0.1, 0.15) is 29.8 Å². The summed E-state index contributed by atoms with van der Waals surface area (Å²) in [5.74, 6) is -1.04. The van der Waals surface area contributed by atoms with Gasteiger partial charge in [0.15, 0.2) is 6.10 Å². The van der Waals surface area contributed by atoms with Crippen molar-refractivity contribution in [3.05, 3.63) is 57.2 Å². The third kappa shape index (κ3) is 6.92. The number of urea groups is 1. The van der Waals surface area contributed by atoms with Crippen LogP contribution in [0.2, 0.25) is 5.02 Å². The van der Waals surface area contributed by atoms with Crippen molar-refractivity contribution in [1.29, 1.82) is 0 Å². The highest BCUT2D eigenvalue weighted by atomic mass is 35.5. The van der Waals surface area contributed by atoms with Crippen molar-refractivity contribution in [3.8, 4) is 0 Å². The van der Waals surface area contributed by atoms with Gasteiger partial charge in [-0.05, 0) is 36.1 Å². The first-order valence-corrected chi connectivity index (χ1v) is 9.42. The number of benzene rings is 1. The van der Waals surface area contributed by atoms with E-state index in [0.29, 0.717) is 17.1 Å². The summed E-state index contributed by atoms with van der Waals surface area (Å²) in [6, 6.07) is 8.95. The van der Waals surface area contributed by atoms with Gasteiger partial charge in [-0.25, -0.2) is 4.79 Å². The molecular formula is C18H20ClN3O4S. The molecule has 0 fully saturated rings. The molecule has 4 N–H and O–H groups in total. The van der Waals surface area contributed by atoms with E-state index in [1.165, 1.54) is 18.3 Å². The lowest BCUT2D eigenvalue weighted by atomic mass is 10.0. The van der Waals surface area contributed by atoms with Crippen molar-refractivity contribution >= 4 is 40.8 Å². The average Bonchev–Trinajstić information content (AvgIpc) is 3.12. The van der Waals surface area contributed by atoms with Crippen LogP contribution in [-0.4, -0.2) is 24.0 Å². The van der Waals surface area contributed by atoms with Gasteiger partial charge in [0.25, 0.3) is 5.91 Å². The van der Waals surface area contributed by atoms with Crippen LogP contribution in [-0.2, 0) is 20.9 Å². The van der Waals surface area contributed by atoms with Crippen LogP contribution >= 0.6 is 22.9 Å². The van der Waals surface area contributed by atoms with E-state index >= 15 is 0 Å². The van der Waals surface area contributed by atoms with Crippen molar-refractivity contribution < 1.29 is 19.1 Å². The Kier molecular flexibility index (Phi) is 7.63. The van der Waals surface area contributed by atoms with Crippen LogP contribution in [0.3, 0.4) is 0 Å². The molecule has 0 bridgehead atoms. The molecule has 1 aromatic carbocycles. The topological polar surface area (TPSA) is 111 Å². The maximum absolute atomic E-state index is 12.2. The Hall–Kier alpha value is -2.58. The molecule has 2 atom stereocenters. The fourth-order valence-corrected chi connectivity index (χ4v) is 3.09. The molecular weight excluding hydrogens is 390 g/mol. The zero-order valence-electron chi connectivity index (χ0n) is 14.6. The average molecular weight is 410 g/mol. The van der Waals surface area contributed by atoms with E-state index in [2.05, 4.69) is 10.6 Å². The van der Waals surface area contributed by atoms with Gasteiger partial charge in [-0.15, -0.1) is 11.3 Å². The Bertz CT molecular complexity index is 780. The second-order valence-corrected chi connectivity index (χ2v) is 7.21. The first-order valence-electron chi connectivity index (χ1n) is 8.16. The molecule has 9 heteroatoms. The van der Waals surface area contributed by atoms with Crippen molar-refractivity contribution in [1.82, 2.24) is 10.6 Å². The molecule has 0 saturated heterocycles. The number of amides is 3. The molecule has 0 radical (unpaired) electrons. The van der Waals surface area contributed by atoms with Gasteiger partial charge in [0.2, 0.25) is 0 Å². The summed E-state index contributed by atoms with van der Waals surface area (Å²) in [5, 5.41) is 7.63. The first kappa shape index (κ1) is 20.7. The van der Waals surface area contributed by atoms with Crippen LogP contribution in [0, 0.1) is 0 Å². The molecule has 2 aromatic rings. The maximum Gasteiger partial charge on any atom is 0.312 e. The summed E-state index contributed by atoms with van der Waals surface area (Å²) in [7, 11) is 0. The molecule has 0 unspecified atom stereocenters. The van der Waals surface area contributed by atoms with Gasteiger partial charge in [-0.3, -0.25) is 9.59 Å². The van der Waals surface area contributed by atoms with Crippen molar-refractivity contribution in [2.45, 2.75) is 32.0 Å². The fraction of sp³-hybridized carbons (Fsp3) is 0.278. The number of carbonyl (C=O) groups is 3. The van der Waals surface area contributed by atoms with E-state index in [4.69, 9.17) is 22.1 Å². The molecule has 0 saturated carbocycles.